The molecule has 1 aromatic carbocycles. The maximum absolute atomic E-state index is 5.50. The molecule has 0 radical (unpaired) electrons. The second-order valence-corrected chi connectivity index (χ2v) is 4.04. The monoisotopic (exact) mass is 262 g/mol. The molecule has 0 aliphatic rings. The Morgan fingerprint density at radius 1 is 1.37 bits per heavy atom. The van der Waals surface area contributed by atoms with Gasteiger partial charge < -0.3 is 19.8 Å². The molecule has 1 heterocycles. The lowest BCUT2D eigenvalue weighted by atomic mass is 10.3. The van der Waals surface area contributed by atoms with Crippen molar-refractivity contribution in [3.63, 3.8) is 0 Å². The summed E-state index contributed by atoms with van der Waals surface area (Å²) in [4.78, 5) is 0. The Bertz CT molecular complexity index is 527. The minimum atomic E-state index is 0.0257. The van der Waals surface area contributed by atoms with E-state index in [-0.39, 0.29) is 6.04 Å². The SMILES string of the molecule is CCOc1cccc(Nc2nnc(C(C)NC)o2)c1. The van der Waals surface area contributed by atoms with Crippen LogP contribution in [0.2, 0.25) is 0 Å². The largest absolute Gasteiger partial charge is 0.494 e. The smallest absolute Gasteiger partial charge is 0.320 e. The summed E-state index contributed by atoms with van der Waals surface area (Å²) in [5.41, 5.74) is 0.846. The highest BCUT2D eigenvalue weighted by Gasteiger charge is 2.11. The van der Waals surface area contributed by atoms with Gasteiger partial charge in [-0.25, -0.2) is 0 Å². The summed E-state index contributed by atoms with van der Waals surface area (Å²) in [6.45, 7) is 4.53. The molecular formula is C13H18N4O2. The van der Waals surface area contributed by atoms with Crippen molar-refractivity contribution in [2.45, 2.75) is 19.9 Å². The maximum Gasteiger partial charge on any atom is 0.320 e. The lowest BCUT2D eigenvalue weighted by Crippen LogP contribution is -2.12. The zero-order chi connectivity index (χ0) is 13.7. The molecular weight excluding hydrogens is 244 g/mol. The van der Waals surface area contributed by atoms with Crippen LogP contribution in [0.25, 0.3) is 0 Å². The number of nitrogens with one attached hydrogen (secondary N) is 2. The zero-order valence-electron chi connectivity index (χ0n) is 11.3. The van der Waals surface area contributed by atoms with E-state index >= 15 is 0 Å². The van der Waals surface area contributed by atoms with Crippen LogP contribution in [0.4, 0.5) is 11.7 Å². The number of benzene rings is 1. The lowest BCUT2D eigenvalue weighted by molar-refractivity contribution is 0.340. The summed E-state index contributed by atoms with van der Waals surface area (Å²) in [7, 11) is 1.84. The number of rotatable bonds is 6. The quantitative estimate of drug-likeness (QED) is 0.833. The first-order valence-electron chi connectivity index (χ1n) is 6.23. The summed E-state index contributed by atoms with van der Waals surface area (Å²) in [5, 5.41) is 14.0. The Kier molecular flexibility index (Phi) is 4.35. The summed E-state index contributed by atoms with van der Waals surface area (Å²) < 4.78 is 10.9. The highest BCUT2D eigenvalue weighted by Crippen LogP contribution is 2.21. The molecule has 6 nitrogen and oxygen atoms in total. The minimum absolute atomic E-state index is 0.0257. The molecule has 0 spiro atoms. The van der Waals surface area contributed by atoms with Crippen LogP contribution >= 0.6 is 0 Å². The summed E-state index contributed by atoms with van der Waals surface area (Å²) in [6.07, 6.45) is 0. The highest BCUT2D eigenvalue weighted by atomic mass is 16.5. The van der Waals surface area contributed by atoms with Crippen LogP contribution in [0.15, 0.2) is 28.7 Å². The van der Waals surface area contributed by atoms with Crippen molar-refractivity contribution >= 4 is 11.7 Å². The average molecular weight is 262 g/mol. The standard InChI is InChI=1S/C13H18N4O2/c1-4-18-11-7-5-6-10(8-11)15-13-17-16-12(19-13)9(2)14-3/h5-9,14H,4H2,1-3H3,(H,15,17). The maximum atomic E-state index is 5.50. The second kappa shape index (κ2) is 6.19. The van der Waals surface area contributed by atoms with Gasteiger partial charge in [0.1, 0.15) is 5.75 Å². The lowest BCUT2D eigenvalue weighted by Gasteiger charge is -2.06. The summed E-state index contributed by atoms with van der Waals surface area (Å²) in [6, 6.07) is 7.99. The first kappa shape index (κ1) is 13.4. The van der Waals surface area contributed by atoms with E-state index in [1.165, 1.54) is 0 Å². The van der Waals surface area contributed by atoms with E-state index in [9.17, 15) is 0 Å². The van der Waals surface area contributed by atoms with Gasteiger partial charge in [0.05, 0.1) is 12.6 Å². The third-order valence-corrected chi connectivity index (χ3v) is 2.64. The van der Waals surface area contributed by atoms with E-state index in [0.29, 0.717) is 18.5 Å². The predicted molar refractivity (Wildman–Crippen MR) is 72.7 cm³/mol. The van der Waals surface area contributed by atoms with Crippen molar-refractivity contribution in [1.82, 2.24) is 15.5 Å². The number of hydrogen-bond acceptors (Lipinski definition) is 6. The van der Waals surface area contributed by atoms with Gasteiger partial charge in [0.15, 0.2) is 0 Å². The Morgan fingerprint density at radius 2 is 2.21 bits per heavy atom. The second-order valence-electron chi connectivity index (χ2n) is 4.04. The third kappa shape index (κ3) is 3.45. The van der Waals surface area contributed by atoms with Crippen LogP contribution < -0.4 is 15.4 Å². The van der Waals surface area contributed by atoms with Crippen LogP contribution in [-0.4, -0.2) is 23.9 Å². The molecule has 2 aromatic rings. The van der Waals surface area contributed by atoms with Gasteiger partial charge in [-0.05, 0) is 33.0 Å². The van der Waals surface area contributed by atoms with Gasteiger partial charge >= 0.3 is 6.01 Å². The fraction of sp³-hybridized carbons (Fsp3) is 0.385. The fourth-order valence-corrected chi connectivity index (χ4v) is 1.54. The van der Waals surface area contributed by atoms with Gasteiger partial charge in [0, 0.05) is 11.8 Å². The number of nitrogens with zero attached hydrogens (tertiary/aromatic N) is 2. The van der Waals surface area contributed by atoms with Gasteiger partial charge in [0.2, 0.25) is 5.89 Å². The van der Waals surface area contributed by atoms with Gasteiger partial charge in [-0.15, -0.1) is 5.10 Å². The Morgan fingerprint density at radius 3 is 2.95 bits per heavy atom. The number of aromatic nitrogens is 2. The van der Waals surface area contributed by atoms with Crippen molar-refractivity contribution in [3.8, 4) is 5.75 Å². The van der Waals surface area contributed by atoms with E-state index in [0.717, 1.165) is 11.4 Å². The molecule has 0 saturated carbocycles. The van der Waals surface area contributed by atoms with Crippen molar-refractivity contribution in [1.29, 1.82) is 0 Å². The Hall–Kier alpha value is -2.08. The van der Waals surface area contributed by atoms with Gasteiger partial charge in [-0.2, -0.15) is 0 Å². The van der Waals surface area contributed by atoms with Gasteiger partial charge in [-0.1, -0.05) is 11.2 Å². The van der Waals surface area contributed by atoms with Crippen LogP contribution in [0.5, 0.6) is 5.75 Å². The molecule has 2 N–H and O–H groups in total. The molecule has 0 fully saturated rings. The minimum Gasteiger partial charge on any atom is -0.494 e. The molecule has 0 bridgehead atoms. The molecule has 1 atom stereocenters. The third-order valence-electron chi connectivity index (χ3n) is 2.64. The molecule has 6 heteroatoms. The fourth-order valence-electron chi connectivity index (χ4n) is 1.54. The first-order chi connectivity index (χ1) is 9.22. The number of ether oxygens (including phenoxy) is 1. The number of anilines is 2. The summed E-state index contributed by atoms with van der Waals surface area (Å²) >= 11 is 0. The van der Waals surface area contributed by atoms with E-state index in [2.05, 4.69) is 20.8 Å². The molecule has 0 aliphatic heterocycles. The highest BCUT2D eigenvalue weighted by molar-refractivity contribution is 5.54. The molecule has 2 rings (SSSR count). The number of hydrogen-bond donors (Lipinski definition) is 2. The summed E-state index contributed by atoms with van der Waals surface area (Å²) in [5.74, 6) is 1.35. The predicted octanol–water partition coefficient (Wildman–Crippen LogP) is 2.49. The van der Waals surface area contributed by atoms with Crippen molar-refractivity contribution in [3.05, 3.63) is 30.2 Å². The topological polar surface area (TPSA) is 72.2 Å². The van der Waals surface area contributed by atoms with Crippen LogP contribution in [0.3, 0.4) is 0 Å². The Balaban J connectivity index is 2.08. The van der Waals surface area contributed by atoms with Crippen molar-refractivity contribution < 1.29 is 9.15 Å². The van der Waals surface area contributed by atoms with Gasteiger partial charge in [-0.3, -0.25) is 0 Å². The molecule has 0 amide bonds. The Labute approximate surface area is 112 Å². The molecule has 1 aromatic heterocycles. The van der Waals surface area contributed by atoms with E-state index in [1.807, 2.05) is 45.2 Å². The first-order valence-corrected chi connectivity index (χ1v) is 6.23. The van der Waals surface area contributed by atoms with Gasteiger partial charge in [0.25, 0.3) is 0 Å². The van der Waals surface area contributed by atoms with Crippen LogP contribution in [0.1, 0.15) is 25.8 Å². The molecule has 102 valence electrons. The van der Waals surface area contributed by atoms with E-state index in [4.69, 9.17) is 9.15 Å². The molecule has 0 saturated heterocycles. The van der Waals surface area contributed by atoms with Crippen LogP contribution in [0, 0.1) is 0 Å². The molecule has 0 aliphatic carbocycles. The zero-order valence-corrected chi connectivity index (χ0v) is 11.3. The van der Waals surface area contributed by atoms with Crippen molar-refractivity contribution in [2.75, 3.05) is 19.0 Å². The average Bonchev–Trinajstić information content (AvgIpc) is 2.87. The molecule has 19 heavy (non-hydrogen) atoms. The van der Waals surface area contributed by atoms with E-state index < -0.39 is 0 Å². The van der Waals surface area contributed by atoms with Crippen LogP contribution in [-0.2, 0) is 0 Å². The molecule has 1 unspecified atom stereocenters. The normalized spacial score (nSPS) is 12.2. The van der Waals surface area contributed by atoms with E-state index in [1.54, 1.807) is 0 Å². The van der Waals surface area contributed by atoms with Crippen molar-refractivity contribution in [2.24, 2.45) is 0 Å².